The van der Waals surface area contributed by atoms with E-state index >= 15 is 0 Å². The lowest BCUT2D eigenvalue weighted by Crippen LogP contribution is -2.24. The minimum absolute atomic E-state index is 0.392. The van der Waals surface area contributed by atoms with E-state index in [-0.39, 0.29) is 0 Å². The highest BCUT2D eigenvalue weighted by molar-refractivity contribution is 7.80. The summed E-state index contributed by atoms with van der Waals surface area (Å²) in [5, 5.41) is 8.24. The summed E-state index contributed by atoms with van der Waals surface area (Å²) in [7, 11) is 0. The Morgan fingerprint density at radius 2 is 1.92 bits per heavy atom. The van der Waals surface area contributed by atoms with Crippen LogP contribution in [-0.2, 0) is 0 Å². The van der Waals surface area contributed by atoms with Crippen molar-refractivity contribution in [3.63, 3.8) is 0 Å². The van der Waals surface area contributed by atoms with Crippen molar-refractivity contribution in [3.05, 3.63) is 58.6 Å². The fourth-order valence-electron chi connectivity index (χ4n) is 2.55. The quantitative estimate of drug-likeness (QED) is 0.388. The number of rotatable bonds is 7. The Morgan fingerprint density at radius 1 is 1.19 bits per heavy atom. The summed E-state index contributed by atoms with van der Waals surface area (Å²) in [6.07, 6.45) is 2.88. The standard InChI is InChI=1S/C20H25ClN4S/c1-4-12-25(5-2)17-9-7-16(8-10-17)14-22-24-20(26)23-19-11-6-15(3)13-18(19)21/h6-11,13-14H,4-5,12H2,1-3H3,(H2,23,24,26). The Bertz CT molecular complexity index is 759. The van der Waals surface area contributed by atoms with E-state index in [1.54, 1.807) is 6.21 Å². The number of thiocarbonyl (C=S) groups is 1. The molecular formula is C20H25ClN4S. The number of nitrogens with one attached hydrogen (secondary N) is 2. The van der Waals surface area contributed by atoms with Gasteiger partial charge in [0.1, 0.15) is 0 Å². The van der Waals surface area contributed by atoms with E-state index in [1.807, 2.05) is 37.3 Å². The number of anilines is 2. The number of nitrogens with zero attached hydrogens (tertiary/aromatic N) is 2. The van der Waals surface area contributed by atoms with Crippen LogP contribution < -0.4 is 15.6 Å². The van der Waals surface area contributed by atoms with E-state index in [2.05, 4.69) is 46.7 Å². The lowest BCUT2D eigenvalue weighted by Gasteiger charge is -2.22. The lowest BCUT2D eigenvalue weighted by atomic mass is 10.2. The van der Waals surface area contributed by atoms with Gasteiger partial charge in [0, 0.05) is 18.8 Å². The Hall–Kier alpha value is -2.11. The first-order chi connectivity index (χ1) is 12.5. The molecule has 0 atom stereocenters. The minimum Gasteiger partial charge on any atom is -0.372 e. The van der Waals surface area contributed by atoms with Crippen LogP contribution in [0, 0.1) is 6.92 Å². The maximum absolute atomic E-state index is 6.19. The monoisotopic (exact) mass is 388 g/mol. The number of aryl methyl sites for hydroxylation is 1. The van der Waals surface area contributed by atoms with E-state index < -0.39 is 0 Å². The molecule has 0 fully saturated rings. The van der Waals surface area contributed by atoms with E-state index in [4.69, 9.17) is 23.8 Å². The summed E-state index contributed by atoms with van der Waals surface area (Å²) in [6, 6.07) is 14.1. The summed E-state index contributed by atoms with van der Waals surface area (Å²) in [5.41, 5.74) is 6.90. The molecule has 26 heavy (non-hydrogen) atoms. The van der Waals surface area contributed by atoms with Crippen molar-refractivity contribution >= 4 is 46.5 Å². The molecule has 0 aliphatic rings. The van der Waals surface area contributed by atoms with Gasteiger partial charge in [0.05, 0.1) is 16.9 Å². The minimum atomic E-state index is 0.392. The number of hydrazone groups is 1. The molecule has 6 heteroatoms. The van der Waals surface area contributed by atoms with Crippen molar-refractivity contribution in [1.82, 2.24) is 5.43 Å². The zero-order valence-corrected chi connectivity index (χ0v) is 17.0. The van der Waals surface area contributed by atoms with Gasteiger partial charge in [-0.1, -0.05) is 36.7 Å². The normalized spacial score (nSPS) is 10.8. The second kappa shape index (κ2) is 10.1. The highest BCUT2D eigenvalue weighted by atomic mass is 35.5. The van der Waals surface area contributed by atoms with Crippen molar-refractivity contribution in [2.75, 3.05) is 23.3 Å². The molecule has 2 N–H and O–H groups in total. The first-order valence-electron chi connectivity index (χ1n) is 8.74. The predicted octanol–water partition coefficient (Wildman–Crippen LogP) is 5.21. The molecule has 0 radical (unpaired) electrons. The second-order valence-electron chi connectivity index (χ2n) is 5.98. The van der Waals surface area contributed by atoms with Crippen LogP contribution in [-0.4, -0.2) is 24.4 Å². The third-order valence-corrected chi connectivity index (χ3v) is 4.39. The molecule has 0 unspecified atom stereocenters. The summed E-state index contributed by atoms with van der Waals surface area (Å²) < 4.78 is 0. The Morgan fingerprint density at radius 3 is 2.54 bits per heavy atom. The smallest absolute Gasteiger partial charge is 0.191 e. The zero-order chi connectivity index (χ0) is 18.9. The van der Waals surface area contributed by atoms with Gasteiger partial charge in [-0.15, -0.1) is 0 Å². The molecule has 2 aromatic rings. The second-order valence-corrected chi connectivity index (χ2v) is 6.79. The van der Waals surface area contributed by atoms with Gasteiger partial charge in [-0.25, -0.2) is 0 Å². The van der Waals surface area contributed by atoms with Crippen LogP contribution in [0.1, 0.15) is 31.4 Å². The molecule has 0 amide bonds. The summed E-state index contributed by atoms with van der Waals surface area (Å²) in [6.45, 7) is 8.42. The van der Waals surface area contributed by atoms with E-state index in [9.17, 15) is 0 Å². The SMILES string of the molecule is CCCN(CC)c1ccc(C=NNC(=S)Nc2ccc(C)cc2Cl)cc1. The summed E-state index contributed by atoms with van der Waals surface area (Å²) >= 11 is 11.4. The predicted molar refractivity (Wildman–Crippen MR) is 118 cm³/mol. The average molecular weight is 389 g/mol. The topological polar surface area (TPSA) is 39.7 Å². The van der Waals surface area contributed by atoms with Gasteiger partial charge < -0.3 is 10.2 Å². The van der Waals surface area contributed by atoms with E-state index in [0.29, 0.717) is 10.1 Å². The first kappa shape index (κ1) is 20.2. The first-order valence-corrected chi connectivity index (χ1v) is 9.53. The van der Waals surface area contributed by atoms with Gasteiger partial charge in [-0.05, 0) is 67.9 Å². The summed E-state index contributed by atoms with van der Waals surface area (Å²) in [5.74, 6) is 0. The molecule has 138 valence electrons. The maximum atomic E-state index is 6.19. The van der Waals surface area contributed by atoms with E-state index in [0.717, 1.165) is 36.3 Å². The number of hydrogen-bond donors (Lipinski definition) is 2. The van der Waals surface area contributed by atoms with Gasteiger partial charge in [0.2, 0.25) is 0 Å². The molecule has 0 aromatic heterocycles. The molecular weight excluding hydrogens is 364 g/mol. The maximum Gasteiger partial charge on any atom is 0.191 e. The van der Waals surface area contributed by atoms with Gasteiger partial charge >= 0.3 is 0 Å². The molecule has 0 aliphatic heterocycles. The molecule has 0 saturated heterocycles. The third-order valence-electron chi connectivity index (χ3n) is 3.89. The van der Waals surface area contributed by atoms with Gasteiger partial charge in [0.15, 0.2) is 5.11 Å². The Kier molecular flexibility index (Phi) is 7.88. The average Bonchev–Trinajstić information content (AvgIpc) is 2.63. The van der Waals surface area contributed by atoms with Crippen LogP contribution in [0.2, 0.25) is 5.02 Å². The molecule has 0 heterocycles. The molecule has 0 aliphatic carbocycles. The van der Waals surface area contributed by atoms with Gasteiger partial charge in [-0.3, -0.25) is 5.43 Å². The van der Waals surface area contributed by atoms with Crippen LogP contribution in [0.3, 0.4) is 0 Å². The highest BCUT2D eigenvalue weighted by Crippen LogP contribution is 2.22. The Balaban J connectivity index is 1.90. The van der Waals surface area contributed by atoms with Crippen molar-refractivity contribution in [2.24, 2.45) is 5.10 Å². The van der Waals surface area contributed by atoms with Crippen LogP contribution in [0.25, 0.3) is 0 Å². The van der Waals surface area contributed by atoms with Gasteiger partial charge in [0.25, 0.3) is 0 Å². The number of benzene rings is 2. The largest absolute Gasteiger partial charge is 0.372 e. The number of hydrogen-bond acceptors (Lipinski definition) is 3. The Labute approximate surface area is 166 Å². The fraction of sp³-hybridized carbons (Fsp3) is 0.300. The van der Waals surface area contributed by atoms with Crippen molar-refractivity contribution in [1.29, 1.82) is 0 Å². The van der Waals surface area contributed by atoms with Crippen LogP contribution in [0.4, 0.5) is 11.4 Å². The highest BCUT2D eigenvalue weighted by Gasteiger charge is 2.03. The molecule has 4 nitrogen and oxygen atoms in total. The molecule has 2 rings (SSSR count). The van der Waals surface area contributed by atoms with Gasteiger partial charge in [-0.2, -0.15) is 5.10 Å². The van der Waals surface area contributed by atoms with E-state index in [1.165, 1.54) is 5.69 Å². The molecule has 0 bridgehead atoms. The lowest BCUT2D eigenvalue weighted by molar-refractivity contribution is 0.792. The molecule has 0 spiro atoms. The summed E-state index contributed by atoms with van der Waals surface area (Å²) in [4.78, 5) is 2.35. The molecule has 0 saturated carbocycles. The van der Waals surface area contributed by atoms with Crippen molar-refractivity contribution in [3.8, 4) is 0 Å². The third kappa shape index (κ3) is 6.00. The van der Waals surface area contributed by atoms with Crippen molar-refractivity contribution < 1.29 is 0 Å². The van der Waals surface area contributed by atoms with Crippen LogP contribution in [0.5, 0.6) is 0 Å². The van der Waals surface area contributed by atoms with Crippen LogP contribution in [0.15, 0.2) is 47.6 Å². The van der Waals surface area contributed by atoms with Crippen LogP contribution >= 0.6 is 23.8 Å². The zero-order valence-electron chi connectivity index (χ0n) is 15.4. The van der Waals surface area contributed by atoms with Crippen molar-refractivity contribution in [2.45, 2.75) is 27.2 Å². The number of halogens is 1. The fourth-order valence-corrected chi connectivity index (χ4v) is 2.99. The molecule has 2 aromatic carbocycles.